The summed E-state index contributed by atoms with van der Waals surface area (Å²) < 4.78 is 1.74. The molecule has 5 nitrogen and oxygen atoms in total. The lowest BCUT2D eigenvalue weighted by atomic mass is 10.4. The van der Waals surface area contributed by atoms with Crippen molar-refractivity contribution in [2.24, 2.45) is 7.05 Å². The van der Waals surface area contributed by atoms with Crippen LogP contribution in [0.3, 0.4) is 0 Å². The van der Waals surface area contributed by atoms with Gasteiger partial charge in [-0.3, -0.25) is 9.58 Å². The number of aromatic nitrogens is 4. The van der Waals surface area contributed by atoms with Crippen molar-refractivity contribution in [3.05, 3.63) is 17.2 Å². The van der Waals surface area contributed by atoms with Gasteiger partial charge in [0.1, 0.15) is 11.0 Å². The Hall–Kier alpha value is -1.20. The zero-order valence-electron chi connectivity index (χ0n) is 10.6. The van der Waals surface area contributed by atoms with Gasteiger partial charge in [0.15, 0.2) is 5.65 Å². The van der Waals surface area contributed by atoms with Crippen LogP contribution in [0.5, 0.6) is 0 Å². The Morgan fingerprint density at radius 2 is 2.22 bits per heavy atom. The van der Waals surface area contributed by atoms with Crippen LogP contribution in [0.25, 0.3) is 11.0 Å². The molecule has 6 heteroatoms. The first-order valence-corrected chi connectivity index (χ1v) is 6.65. The average Bonchev–Trinajstić information content (AvgIpc) is 3.12. The van der Waals surface area contributed by atoms with E-state index >= 15 is 0 Å². The van der Waals surface area contributed by atoms with E-state index in [-0.39, 0.29) is 0 Å². The summed E-state index contributed by atoms with van der Waals surface area (Å²) in [6, 6.07) is 0.708. The molecule has 96 valence electrons. The SMILES string of the molecule is CCN(Cc1nc(Cl)c2cnn(C)c2n1)C1CC1. The van der Waals surface area contributed by atoms with Gasteiger partial charge in [0.05, 0.1) is 18.1 Å². The highest BCUT2D eigenvalue weighted by Gasteiger charge is 2.28. The number of hydrogen-bond donors (Lipinski definition) is 0. The van der Waals surface area contributed by atoms with Gasteiger partial charge in [-0.15, -0.1) is 0 Å². The molecule has 0 aromatic carbocycles. The van der Waals surface area contributed by atoms with Gasteiger partial charge in [-0.25, -0.2) is 9.97 Å². The topological polar surface area (TPSA) is 46.8 Å². The quantitative estimate of drug-likeness (QED) is 0.794. The molecule has 0 N–H and O–H groups in total. The molecule has 1 aliphatic carbocycles. The van der Waals surface area contributed by atoms with Crippen molar-refractivity contribution in [2.75, 3.05) is 6.54 Å². The van der Waals surface area contributed by atoms with Crippen LogP contribution >= 0.6 is 11.6 Å². The van der Waals surface area contributed by atoms with Crippen LogP contribution in [0, 0.1) is 0 Å². The summed E-state index contributed by atoms with van der Waals surface area (Å²) in [6.07, 6.45) is 4.28. The number of rotatable bonds is 4. The summed E-state index contributed by atoms with van der Waals surface area (Å²) in [7, 11) is 1.87. The molecule has 0 radical (unpaired) electrons. The van der Waals surface area contributed by atoms with E-state index in [1.165, 1.54) is 12.8 Å². The maximum atomic E-state index is 6.17. The lowest BCUT2D eigenvalue weighted by Gasteiger charge is -2.18. The van der Waals surface area contributed by atoms with E-state index in [4.69, 9.17) is 11.6 Å². The zero-order valence-corrected chi connectivity index (χ0v) is 11.4. The highest BCUT2D eigenvalue weighted by molar-refractivity contribution is 6.33. The first kappa shape index (κ1) is 11.9. The van der Waals surface area contributed by atoms with Gasteiger partial charge in [-0.1, -0.05) is 18.5 Å². The average molecular weight is 266 g/mol. The highest BCUT2D eigenvalue weighted by Crippen LogP contribution is 2.28. The highest BCUT2D eigenvalue weighted by atomic mass is 35.5. The van der Waals surface area contributed by atoms with Crippen LogP contribution < -0.4 is 0 Å². The van der Waals surface area contributed by atoms with Gasteiger partial charge >= 0.3 is 0 Å². The molecule has 0 spiro atoms. The Morgan fingerprint density at radius 3 is 2.89 bits per heavy atom. The van der Waals surface area contributed by atoms with E-state index in [2.05, 4.69) is 26.9 Å². The first-order chi connectivity index (χ1) is 8.69. The molecule has 2 aromatic heterocycles. The maximum absolute atomic E-state index is 6.17. The Balaban J connectivity index is 1.93. The third-order valence-corrected chi connectivity index (χ3v) is 3.69. The van der Waals surface area contributed by atoms with Crippen molar-refractivity contribution >= 4 is 22.6 Å². The fraction of sp³-hybridized carbons (Fsp3) is 0.583. The molecule has 18 heavy (non-hydrogen) atoms. The Labute approximate surface area is 111 Å². The lowest BCUT2D eigenvalue weighted by Crippen LogP contribution is -2.26. The second kappa shape index (κ2) is 4.48. The molecular formula is C12H16ClN5. The molecule has 0 aliphatic heterocycles. The summed E-state index contributed by atoms with van der Waals surface area (Å²) >= 11 is 6.17. The molecule has 2 aromatic rings. The summed E-state index contributed by atoms with van der Waals surface area (Å²) in [5, 5.41) is 5.47. The van der Waals surface area contributed by atoms with E-state index in [0.29, 0.717) is 11.2 Å². The zero-order chi connectivity index (χ0) is 12.7. The minimum Gasteiger partial charge on any atom is -0.293 e. The van der Waals surface area contributed by atoms with Crippen LogP contribution in [0.15, 0.2) is 6.20 Å². The fourth-order valence-corrected chi connectivity index (χ4v) is 2.45. The molecule has 3 rings (SSSR count). The van der Waals surface area contributed by atoms with Crippen LogP contribution in [0.4, 0.5) is 0 Å². The van der Waals surface area contributed by atoms with Gasteiger partial charge in [-0.05, 0) is 19.4 Å². The van der Waals surface area contributed by atoms with E-state index < -0.39 is 0 Å². The van der Waals surface area contributed by atoms with E-state index in [1.807, 2.05) is 7.05 Å². The first-order valence-electron chi connectivity index (χ1n) is 6.27. The Bertz CT molecular complexity index is 575. The summed E-state index contributed by atoms with van der Waals surface area (Å²) in [6.45, 7) is 3.96. The molecule has 0 unspecified atom stereocenters. The Kier molecular flexibility index (Phi) is 2.95. The van der Waals surface area contributed by atoms with Crippen LogP contribution in [0.2, 0.25) is 5.15 Å². The van der Waals surface area contributed by atoms with E-state index in [0.717, 1.165) is 29.9 Å². The van der Waals surface area contributed by atoms with Gasteiger partial charge in [0.2, 0.25) is 0 Å². The van der Waals surface area contributed by atoms with Crippen LogP contribution in [0.1, 0.15) is 25.6 Å². The van der Waals surface area contributed by atoms with E-state index in [1.54, 1.807) is 10.9 Å². The molecule has 0 atom stereocenters. The largest absolute Gasteiger partial charge is 0.293 e. The van der Waals surface area contributed by atoms with Crippen LogP contribution in [-0.2, 0) is 13.6 Å². The molecule has 2 heterocycles. The maximum Gasteiger partial charge on any atom is 0.162 e. The van der Waals surface area contributed by atoms with Gasteiger partial charge < -0.3 is 0 Å². The molecule has 0 saturated heterocycles. The molecule has 1 fully saturated rings. The Morgan fingerprint density at radius 1 is 1.44 bits per heavy atom. The van der Waals surface area contributed by atoms with Gasteiger partial charge in [0, 0.05) is 13.1 Å². The predicted octanol–water partition coefficient (Wildman–Crippen LogP) is 2.00. The van der Waals surface area contributed by atoms with Crippen molar-refractivity contribution in [2.45, 2.75) is 32.4 Å². The predicted molar refractivity (Wildman–Crippen MR) is 70.4 cm³/mol. The monoisotopic (exact) mass is 265 g/mol. The standard InChI is InChI=1S/C12H16ClN5/c1-3-18(8-4-5-8)7-10-15-11(13)9-6-14-17(2)12(9)16-10/h6,8H,3-5,7H2,1-2H3. The number of hydrogen-bond acceptors (Lipinski definition) is 4. The summed E-state index contributed by atoms with van der Waals surface area (Å²) in [5.41, 5.74) is 0.803. The van der Waals surface area contributed by atoms with Crippen molar-refractivity contribution < 1.29 is 0 Å². The summed E-state index contributed by atoms with van der Waals surface area (Å²) in [4.78, 5) is 11.3. The third kappa shape index (κ3) is 2.08. The smallest absolute Gasteiger partial charge is 0.162 e. The van der Waals surface area contributed by atoms with E-state index in [9.17, 15) is 0 Å². The fourth-order valence-electron chi connectivity index (χ4n) is 2.22. The third-order valence-electron chi connectivity index (χ3n) is 3.41. The lowest BCUT2D eigenvalue weighted by molar-refractivity contribution is 0.262. The van der Waals surface area contributed by atoms with Crippen molar-refractivity contribution in [1.29, 1.82) is 0 Å². The number of aryl methyl sites for hydroxylation is 1. The minimum absolute atomic E-state index is 0.495. The van der Waals surface area contributed by atoms with Crippen molar-refractivity contribution in [3.8, 4) is 0 Å². The van der Waals surface area contributed by atoms with Crippen molar-refractivity contribution in [1.82, 2.24) is 24.6 Å². The molecule has 0 bridgehead atoms. The second-order valence-corrected chi connectivity index (χ2v) is 5.09. The minimum atomic E-state index is 0.495. The molecular weight excluding hydrogens is 250 g/mol. The van der Waals surface area contributed by atoms with Gasteiger partial charge in [0.25, 0.3) is 0 Å². The molecule has 1 aliphatic rings. The van der Waals surface area contributed by atoms with Crippen LogP contribution in [-0.4, -0.2) is 37.2 Å². The second-order valence-electron chi connectivity index (χ2n) is 4.73. The van der Waals surface area contributed by atoms with Crippen molar-refractivity contribution in [3.63, 3.8) is 0 Å². The normalized spacial score (nSPS) is 15.8. The summed E-state index contributed by atoms with van der Waals surface area (Å²) in [5.74, 6) is 0.782. The van der Waals surface area contributed by atoms with Gasteiger partial charge in [-0.2, -0.15) is 5.10 Å². The molecule has 0 amide bonds. The molecule has 1 saturated carbocycles. The number of fused-ring (bicyclic) bond motifs is 1. The number of nitrogens with zero attached hydrogens (tertiary/aromatic N) is 5. The number of halogens is 1.